The summed E-state index contributed by atoms with van der Waals surface area (Å²) in [4.78, 5) is 24.5. The van der Waals surface area contributed by atoms with Crippen LogP contribution in [0, 0.1) is 6.92 Å². The van der Waals surface area contributed by atoms with E-state index < -0.39 is 0 Å². The average molecular weight is 262 g/mol. The van der Waals surface area contributed by atoms with Crippen molar-refractivity contribution in [3.8, 4) is 0 Å². The number of hydrogen-bond acceptors (Lipinski definition) is 3. The fourth-order valence-electron chi connectivity index (χ4n) is 2.19. The summed E-state index contributed by atoms with van der Waals surface area (Å²) in [7, 11) is 1.35. The predicted octanol–water partition coefficient (Wildman–Crippen LogP) is 1.62. The predicted molar refractivity (Wildman–Crippen MR) is 70.7 cm³/mol. The van der Waals surface area contributed by atoms with Crippen LogP contribution in [-0.4, -0.2) is 37.1 Å². The molecule has 1 aliphatic rings. The van der Waals surface area contributed by atoms with Crippen LogP contribution in [0.2, 0.25) is 0 Å². The molecule has 1 saturated heterocycles. The third-order valence-electron chi connectivity index (χ3n) is 3.25. The maximum atomic E-state index is 11.8. The lowest BCUT2D eigenvalue weighted by Gasteiger charge is -2.14. The Labute approximate surface area is 112 Å². The van der Waals surface area contributed by atoms with Crippen LogP contribution >= 0.6 is 0 Å². The number of nitrogens with one attached hydrogen (secondary N) is 1. The minimum Gasteiger partial charge on any atom is -0.469 e. The molecule has 0 saturated carbocycles. The average Bonchev–Trinajstić information content (AvgIpc) is 2.77. The zero-order valence-electron chi connectivity index (χ0n) is 11.2. The number of methoxy groups -OCH3 is 1. The molecule has 1 fully saturated rings. The lowest BCUT2D eigenvalue weighted by atomic mass is 10.1. The van der Waals surface area contributed by atoms with Gasteiger partial charge in [-0.05, 0) is 12.5 Å². The van der Waals surface area contributed by atoms with E-state index in [0.717, 1.165) is 5.56 Å². The smallest absolute Gasteiger partial charge is 0.318 e. The van der Waals surface area contributed by atoms with Gasteiger partial charge in [-0.25, -0.2) is 4.79 Å². The Morgan fingerprint density at radius 2 is 2.32 bits per heavy atom. The van der Waals surface area contributed by atoms with E-state index in [1.165, 1.54) is 12.7 Å². The van der Waals surface area contributed by atoms with Crippen molar-refractivity contribution < 1.29 is 14.3 Å². The topological polar surface area (TPSA) is 58.6 Å². The zero-order valence-corrected chi connectivity index (χ0v) is 11.2. The monoisotopic (exact) mass is 262 g/mol. The largest absolute Gasteiger partial charge is 0.469 e. The molecule has 102 valence electrons. The van der Waals surface area contributed by atoms with Crippen LogP contribution in [0.3, 0.4) is 0 Å². The molecule has 0 radical (unpaired) electrons. The van der Waals surface area contributed by atoms with Crippen LogP contribution in [0.5, 0.6) is 0 Å². The third-order valence-corrected chi connectivity index (χ3v) is 3.25. The molecule has 2 rings (SSSR count). The van der Waals surface area contributed by atoms with Crippen molar-refractivity contribution in [1.29, 1.82) is 0 Å². The third kappa shape index (κ3) is 3.24. The van der Waals surface area contributed by atoms with Crippen LogP contribution in [-0.2, 0) is 9.53 Å². The molecule has 1 heterocycles. The molecule has 0 aliphatic carbocycles. The van der Waals surface area contributed by atoms with E-state index in [9.17, 15) is 9.59 Å². The Morgan fingerprint density at radius 1 is 1.53 bits per heavy atom. The molecule has 0 bridgehead atoms. The Hall–Kier alpha value is -2.04. The van der Waals surface area contributed by atoms with Gasteiger partial charge in [0.1, 0.15) is 0 Å². The Kier molecular flexibility index (Phi) is 4.04. The Morgan fingerprint density at radius 3 is 3.00 bits per heavy atom. The number of amides is 2. The summed E-state index contributed by atoms with van der Waals surface area (Å²) >= 11 is 0. The number of ether oxygens (including phenoxy) is 1. The molecule has 1 aromatic rings. The molecule has 1 unspecified atom stereocenters. The van der Waals surface area contributed by atoms with Crippen LogP contribution in [0.1, 0.15) is 23.6 Å². The van der Waals surface area contributed by atoms with Crippen molar-refractivity contribution in [2.24, 2.45) is 0 Å². The number of hydrogen-bond donors (Lipinski definition) is 1. The molecule has 5 nitrogen and oxygen atoms in total. The van der Waals surface area contributed by atoms with Crippen LogP contribution in [0.15, 0.2) is 24.3 Å². The molecule has 1 N–H and O–H groups in total. The molecule has 19 heavy (non-hydrogen) atoms. The molecule has 0 spiro atoms. The van der Waals surface area contributed by atoms with E-state index in [1.54, 1.807) is 4.90 Å². The first kappa shape index (κ1) is 13.4. The molecule has 5 heteroatoms. The van der Waals surface area contributed by atoms with Crippen LogP contribution < -0.4 is 5.32 Å². The van der Waals surface area contributed by atoms with Crippen molar-refractivity contribution in [3.05, 3.63) is 35.4 Å². The number of carbonyl (C=O) groups excluding carboxylic acids is 2. The fourth-order valence-corrected chi connectivity index (χ4v) is 2.19. The number of aryl methyl sites for hydroxylation is 1. The Bertz CT molecular complexity index is 487. The summed E-state index contributed by atoms with van der Waals surface area (Å²) in [5.74, 6) is -0.299. The summed E-state index contributed by atoms with van der Waals surface area (Å²) < 4.78 is 4.58. The highest BCUT2D eigenvalue weighted by atomic mass is 16.5. The number of carbonyl (C=O) groups is 2. The van der Waals surface area contributed by atoms with Gasteiger partial charge in [-0.2, -0.15) is 0 Å². The van der Waals surface area contributed by atoms with E-state index in [1.807, 2.05) is 25.1 Å². The van der Waals surface area contributed by atoms with E-state index >= 15 is 0 Å². The molecular formula is C14H18N2O3. The minimum absolute atomic E-state index is 0.00922. The van der Waals surface area contributed by atoms with Gasteiger partial charge in [0.2, 0.25) is 0 Å². The highest BCUT2D eigenvalue weighted by Crippen LogP contribution is 2.21. The summed E-state index contributed by atoms with van der Waals surface area (Å²) in [6.45, 7) is 3.00. The molecule has 0 aromatic heterocycles. The minimum atomic E-state index is -0.299. The molecule has 1 aliphatic heterocycles. The lowest BCUT2D eigenvalue weighted by Crippen LogP contribution is -2.30. The summed E-state index contributed by atoms with van der Waals surface area (Å²) in [5, 5.41) is 2.92. The van der Waals surface area contributed by atoms with E-state index in [4.69, 9.17) is 0 Å². The number of benzene rings is 1. The van der Waals surface area contributed by atoms with Gasteiger partial charge in [-0.15, -0.1) is 0 Å². The van der Waals surface area contributed by atoms with Gasteiger partial charge < -0.3 is 15.0 Å². The lowest BCUT2D eigenvalue weighted by molar-refractivity contribution is -0.140. The molecule has 2 amide bonds. The summed E-state index contributed by atoms with van der Waals surface area (Å²) in [6.07, 6.45) is 0.227. The van der Waals surface area contributed by atoms with Crippen LogP contribution in [0.25, 0.3) is 0 Å². The van der Waals surface area contributed by atoms with Gasteiger partial charge in [0.05, 0.1) is 19.6 Å². The molecule has 1 aromatic carbocycles. The maximum absolute atomic E-state index is 11.8. The number of rotatable bonds is 4. The van der Waals surface area contributed by atoms with E-state index in [-0.39, 0.29) is 24.5 Å². The first-order chi connectivity index (χ1) is 9.10. The SMILES string of the molecule is COC(=O)CCN1CC(c2cccc(C)c2)NC1=O. The van der Waals surface area contributed by atoms with Gasteiger partial charge >= 0.3 is 12.0 Å². The maximum Gasteiger partial charge on any atom is 0.318 e. The van der Waals surface area contributed by atoms with Crippen molar-refractivity contribution in [2.75, 3.05) is 20.2 Å². The van der Waals surface area contributed by atoms with E-state index in [2.05, 4.69) is 16.1 Å². The summed E-state index contributed by atoms with van der Waals surface area (Å²) in [6, 6.07) is 7.93. The molecule has 1 atom stereocenters. The van der Waals surface area contributed by atoms with Crippen LogP contribution in [0.4, 0.5) is 4.79 Å². The number of urea groups is 1. The van der Waals surface area contributed by atoms with Crippen molar-refractivity contribution in [3.63, 3.8) is 0 Å². The fraction of sp³-hybridized carbons (Fsp3) is 0.429. The second kappa shape index (κ2) is 5.73. The van der Waals surface area contributed by atoms with Gasteiger partial charge in [-0.1, -0.05) is 29.8 Å². The van der Waals surface area contributed by atoms with Crippen molar-refractivity contribution in [1.82, 2.24) is 10.2 Å². The van der Waals surface area contributed by atoms with Crippen molar-refractivity contribution >= 4 is 12.0 Å². The van der Waals surface area contributed by atoms with Gasteiger partial charge in [0.15, 0.2) is 0 Å². The van der Waals surface area contributed by atoms with Gasteiger partial charge in [0.25, 0.3) is 0 Å². The standard InChI is InChI=1S/C14H18N2O3/c1-10-4-3-5-11(8-10)12-9-16(14(18)15-12)7-6-13(17)19-2/h3-5,8,12H,6-7,9H2,1-2H3,(H,15,18). The van der Waals surface area contributed by atoms with Crippen molar-refractivity contribution in [2.45, 2.75) is 19.4 Å². The van der Waals surface area contributed by atoms with E-state index in [0.29, 0.717) is 13.1 Å². The summed E-state index contributed by atoms with van der Waals surface area (Å²) in [5.41, 5.74) is 2.26. The first-order valence-electron chi connectivity index (χ1n) is 6.29. The normalized spacial score (nSPS) is 18.3. The zero-order chi connectivity index (χ0) is 13.8. The second-order valence-electron chi connectivity index (χ2n) is 4.69. The highest BCUT2D eigenvalue weighted by molar-refractivity contribution is 5.78. The highest BCUT2D eigenvalue weighted by Gasteiger charge is 2.29. The second-order valence-corrected chi connectivity index (χ2v) is 4.69. The number of esters is 1. The Balaban J connectivity index is 1.97. The quantitative estimate of drug-likeness (QED) is 0.839. The first-order valence-corrected chi connectivity index (χ1v) is 6.29. The number of nitrogens with zero attached hydrogens (tertiary/aromatic N) is 1. The molecular weight excluding hydrogens is 244 g/mol. The van der Waals surface area contributed by atoms with Gasteiger partial charge in [-0.3, -0.25) is 4.79 Å². The van der Waals surface area contributed by atoms with Gasteiger partial charge in [0, 0.05) is 13.1 Å².